The molecule has 5 rings (SSSR count). The van der Waals surface area contributed by atoms with Crippen molar-refractivity contribution in [3.63, 3.8) is 0 Å². The molecule has 7 heteroatoms. The first-order valence-corrected chi connectivity index (χ1v) is 12.1. The van der Waals surface area contributed by atoms with E-state index in [1.54, 1.807) is 4.90 Å². The average Bonchev–Trinajstić information content (AvgIpc) is 3.41. The van der Waals surface area contributed by atoms with Gasteiger partial charge in [0.05, 0.1) is 28.6 Å². The van der Waals surface area contributed by atoms with E-state index in [2.05, 4.69) is 0 Å². The molecule has 5 nitrogen and oxygen atoms in total. The predicted molar refractivity (Wildman–Crippen MR) is 142 cm³/mol. The van der Waals surface area contributed by atoms with Gasteiger partial charge in [-0.3, -0.25) is 9.69 Å². The molecule has 1 saturated heterocycles. The molecule has 0 radical (unpaired) electrons. The number of nitrogens with zero attached hydrogens (tertiary/aromatic N) is 3. The fraction of sp³-hybridized carbons (Fsp3) is 0.0741. The number of benzene rings is 3. The maximum atomic E-state index is 13.3. The summed E-state index contributed by atoms with van der Waals surface area (Å²) in [5, 5.41) is 4.83. The van der Waals surface area contributed by atoms with E-state index in [1.807, 2.05) is 109 Å². The number of aromatic nitrogens is 2. The van der Waals surface area contributed by atoms with Gasteiger partial charge in [0, 0.05) is 17.3 Å². The van der Waals surface area contributed by atoms with E-state index >= 15 is 0 Å². The van der Waals surface area contributed by atoms with Crippen molar-refractivity contribution in [3.8, 4) is 22.7 Å². The van der Waals surface area contributed by atoms with Crippen LogP contribution in [0.15, 0.2) is 96.0 Å². The fourth-order valence-corrected chi connectivity index (χ4v) is 5.01. The summed E-state index contributed by atoms with van der Waals surface area (Å²) in [6.45, 7) is 2.52. The van der Waals surface area contributed by atoms with Crippen LogP contribution in [0, 0.1) is 0 Å². The second kappa shape index (κ2) is 9.67. The number of hydrogen-bond acceptors (Lipinski definition) is 5. The number of amides is 1. The number of carbonyl (C=O) groups is 1. The zero-order valence-electron chi connectivity index (χ0n) is 18.4. The summed E-state index contributed by atoms with van der Waals surface area (Å²) < 4.78 is 7.84. The molecule has 0 bridgehead atoms. The lowest BCUT2D eigenvalue weighted by Gasteiger charge is -2.15. The number of anilines is 1. The van der Waals surface area contributed by atoms with Crippen LogP contribution in [0.1, 0.15) is 12.5 Å². The summed E-state index contributed by atoms with van der Waals surface area (Å²) in [5.41, 5.74) is 4.29. The molecule has 0 aliphatic carbocycles. The molecule has 1 aliphatic heterocycles. The number of thiocarbonyl (C=S) groups is 1. The molecule has 0 atom stereocenters. The van der Waals surface area contributed by atoms with Gasteiger partial charge >= 0.3 is 0 Å². The highest BCUT2D eigenvalue weighted by atomic mass is 32.2. The first kappa shape index (κ1) is 22.1. The van der Waals surface area contributed by atoms with E-state index in [4.69, 9.17) is 22.1 Å². The van der Waals surface area contributed by atoms with Gasteiger partial charge in [-0.1, -0.05) is 72.5 Å². The zero-order chi connectivity index (χ0) is 23.5. The maximum absolute atomic E-state index is 13.3. The molecule has 1 aromatic heterocycles. The number of rotatable bonds is 6. The van der Waals surface area contributed by atoms with Gasteiger partial charge in [0.25, 0.3) is 5.91 Å². The Kier molecular flexibility index (Phi) is 6.29. The van der Waals surface area contributed by atoms with Gasteiger partial charge in [-0.05, 0) is 49.4 Å². The summed E-state index contributed by atoms with van der Waals surface area (Å²) >= 11 is 6.86. The summed E-state index contributed by atoms with van der Waals surface area (Å²) in [7, 11) is 0. The molecule has 0 N–H and O–H groups in total. The molecule has 34 heavy (non-hydrogen) atoms. The normalized spacial score (nSPS) is 14.7. The second-order valence-corrected chi connectivity index (χ2v) is 9.20. The highest BCUT2D eigenvalue weighted by molar-refractivity contribution is 8.27. The minimum absolute atomic E-state index is 0.148. The molecule has 1 fully saturated rings. The van der Waals surface area contributed by atoms with Gasteiger partial charge in [-0.15, -0.1) is 0 Å². The van der Waals surface area contributed by atoms with Crippen LogP contribution in [0.5, 0.6) is 5.75 Å². The van der Waals surface area contributed by atoms with Crippen molar-refractivity contribution >= 4 is 46.0 Å². The first-order chi connectivity index (χ1) is 16.6. The Morgan fingerprint density at radius 1 is 0.941 bits per heavy atom. The Morgan fingerprint density at radius 2 is 1.62 bits per heavy atom. The second-order valence-electron chi connectivity index (χ2n) is 7.52. The molecule has 2 heterocycles. The van der Waals surface area contributed by atoms with Crippen LogP contribution in [-0.2, 0) is 4.79 Å². The molecule has 4 aromatic rings. The Labute approximate surface area is 207 Å². The smallest absolute Gasteiger partial charge is 0.270 e. The third-order valence-electron chi connectivity index (χ3n) is 5.30. The van der Waals surface area contributed by atoms with Crippen molar-refractivity contribution in [1.29, 1.82) is 0 Å². The summed E-state index contributed by atoms with van der Waals surface area (Å²) in [5.74, 6) is 0.610. The van der Waals surface area contributed by atoms with Gasteiger partial charge in [0.1, 0.15) is 5.75 Å². The Bertz CT molecular complexity index is 1360. The van der Waals surface area contributed by atoms with Gasteiger partial charge < -0.3 is 4.74 Å². The third kappa shape index (κ3) is 4.40. The largest absolute Gasteiger partial charge is 0.494 e. The first-order valence-electron chi connectivity index (χ1n) is 10.9. The van der Waals surface area contributed by atoms with Gasteiger partial charge in [0.2, 0.25) is 0 Å². The van der Waals surface area contributed by atoms with E-state index in [-0.39, 0.29) is 5.91 Å². The SMILES string of the molecule is CCOc1ccc(N2C(=O)/C(=C/c3cn(-c4ccccc4)nc3-c3ccccc3)SC2=S)cc1. The number of carbonyl (C=O) groups excluding carboxylic acids is 1. The minimum atomic E-state index is -0.148. The van der Waals surface area contributed by atoms with E-state index in [9.17, 15) is 4.79 Å². The van der Waals surface area contributed by atoms with Crippen molar-refractivity contribution < 1.29 is 9.53 Å². The summed E-state index contributed by atoms with van der Waals surface area (Å²) in [6.07, 6.45) is 3.82. The summed E-state index contributed by atoms with van der Waals surface area (Å²) in [6, 6.07) is 27.3. The van der Waals surface area contributed by atoms with Gasteiger partial charge in [0.15, 0.2) is 4.32 Å². The lowest BCUT2D eigenvalue weighted by molar-refractivity contribution is -0.113. The highest BCUT2D eigenvalue weighted by Crippen LogP contribution is 2.38. The molecule has 0 saturated carbocycles. The molecule has 3 aromatic carbocycles. The van der Waals surface area contributed by atoms with Crippen molar-refractivity contribution in [1.82, 2.24) is 9.78 Å². The minimum Gasteiger partial charge on any atom is -0.494 e. The van der Waals surface area contributed by atoms with Crippen LogP contribution in [0.3, 0.4) is 0 Å². The van der Waals surface area contributed by atoms with E-state index in [0.29, 0.717) is 15.8 Å². The number of para-hydroxylation sites is 1. The zero-order valence-corrected chi connectivity index (χ0v) is 20.1. The lowest BCUT2D eigenvalue weighted by atomic mass is 10.1. The van der Waals surface area contributed by atoms with E-state index in [1.165, 1.54) is 11.8 Å². The molecular formula is C27H21N3O2S2. The van der Waals surface area contributed by atoms with Crippen LogP contribution >= 0.6 is 24.0 Å². The van der Waals surface area contributed by atoms with Crippen molar-refractivity contribution in [2.24, 2.45) is 0 Å². The van der Waals surface area contributed by atoms with Crippen molar-refractivity contribution in [2.75, 3.05) is 11.5 Å². The molecular weight excluding hydrogens is 462 g/mol. The highest BCUT2D eigenvalue weighted by Gasteiger charge is 2.33. The Morgan fingerprint density at radius 3 is 2.29 bits per heavy atom. The Balaban J connectivity index is 1.52. The van der Waals surface area contributed by atoms with Crippen molar-refractivity contribution in [3.05, 3.63) is 102 Å². The van der Waals surface area contributed by atoms with Gasteiger partial charge in [-0.2, -0.15) is 5.10 Å². The number of hydrogen-bond donors (Lipinski definition) is 0. The molecule has 168 valence electrons. The monoisotopic (exact) mass is 483 g/mol. The lowest BCUT2D eigenvalue weighted by Crippen LogP contribution is -2.27. The number of thioether (sulfide) groups is 1. The predicted octanol–water partition coefficient (Wildman–Crippen LogP) is 6.34. The van der Waals surface area contributed by atoms with Gasteiger partial charge in [-0.25, -0.2) is 4.68 Å². The van der Waals surface area contributed by atoms with Crippen LogP contribution in [0.2, 0.25) is 0 Å². The molecule has 0 spiro atoms. The molecule has 1 amide bonds. The van der Waals surface area contributed by atoms with Crippen LogP contribution in [0.4, 0.5) is 5.69 Å². The van der Waals surface area contributed by atoms with E-state index < -0.39 is 0 Å². The van der Waals surface area contributed by atoms with Crippen LogP contribution < -0.4 is 9.64 Å². The summed E-state index contributed by atoms with van der Waals surface area (Å²) in [4.78, 5) is 15.5. The maximum Gasteiger partial charge on any atom is 0.270 e. The molecule has 0 unspecified atom stereocenters. The van der Waals surface area contributed by atoms with Crippen LogP contribution in [-0.4, -0.2) is 26.6 Å². The topological polar surface area (TPSA) is 47.4 Å². The standard InChI is InChI=1S/C27H21N3O2S2/c1-2-32-23-15-13-22(14-16-23)30-26(31)24(34-27(30)33)17-20-18-29(21-11-7-4-8-12-21)28-25(20)19-9-5-3-6-10-19/h3-18H,2H2,1H3/b24-17-. The number of ether oxygens (including phenoxy) is 1. The quantitative estimate of drug-likeness (QED) is 0.236. The Hall–Kier alpha value is -3.68. The average molecular weight is 484 g/mol. The third-order valence-corrected chi connectivity index (χ3v) is 6.60. The van der Waals surface area contributed by atoms with Crippen LogP contribution in [0.25, 0.3) is 23.0 Å². The van der Waals surface area contributed by atoms with E-state index in [0.717, 1.165) is 33.9 Å². The van der Waals surface area contributed by atoms with Crippen molar-refractivity contribution in [2.45, 2.75) is 6.92 Å². The molecule has 1 aliphatic rings. The fourth-order valence-electron chi connectivity index (χ4n) is 3.72.